The standard InChI is InChI=1S/C18H22F2N6/c1-18(2,3)17(25)26-15(23)7-6-14(22)12(9-21)16(24)11-5-4-10(19)8-13(11)20/h4-9,21,24H,22H2,1-3H3,(H3,23,25,26)/b7-6-,14-12+,21-9?,24-16?. The van der Waals surface area contributed by atoms with E-state index < -0.39 is 17.0 Å². The molecule has 0 saturated carbocycles. The van der Waals surface area contributed by atoms with Crippen LogP contribution in [0.1, 0.15) is 26.3 Å². The van der Waals surface area contributed by atoms with Crippen molar-refractivity contribution in [2.45, 2.75) is 20.8 Å². The lowest BCUT2D eigenvalue weighted by molar-refractivity contribution is 0.581. The fourth-order valence-corrected chi connectivity index (χ4v) is 1.73. The van der Waals surface area contributed by atoms with E-state index in [2.05, 4.69) is 4.99 Å². The van der Waals surface area contributed by atoms with E-state index in [1.807, 2.05) is 20.8 Å². The Balaban J connectivity index is 3.13. The Bertz CT molecular complexity index is 829. The maximum Gasteiger partial charge on any atom is 0.146 e. The third-order valence-corrected chi connectivity index (χ3v) is 3.36. The van der Waals surface area contributed by atoms with Crippen LogP contribution >= 0.6 is 0 Å². The first-order valence-electron chi connectivity index (χ1n) is 7.63. The number of benzene rings is 1. The Kier molecular flexibility index (Phi) is 6.65. The van der Waals surface area contributed by atoms with Crippen LogP contribution in [0, 0.1) is 33.3 Å². The summed E-state index contributed by atoms with van der Waals surface area (Å²) in [4.78, 5) is 3.93. The summed E-state index contributed by atoms with van der Waals surface area (Å²) in [6.07, 6.45) is 3.32. The van der Waals surface area contributed by atoms with Gasteiger partial charge in [-0.05, 0) is 24.3 Å². The zero-order valence-corrected chi connectivity index (χ0v) is 14.8. The smallest absolute Gasteiger partial charge is 0.146 e. The van der Waals surface area contributed by atoms with Gasteiger partial charge in [0.1, 0.15) is 23.3 Å². The number of nitrogens with two attached hydrogens (primary N) is 2. The molecule has 8 heteroatoms. The average molecular weight is 360 g/mol. The topological polar surface area (TPSA) is 136 Å². The van der Waals surface area contributed by atoms with Gasteiger partial charge in [0.05, 0.1) is 5.71 Å². The molecule has 0 heterocycles. The van der Waals surface area contributed by atoms with Crippen molar-refractivity contribution in [1.82, 2.24) is 0 Å². The Morgan fingerprint density at radius 3 is 2.23 bits per heavy atom. The molecular weight excluding hydrogens is 338 g/mol. The van der Waals surface area contributed by atoms with Crippen molar-refractivity contribution in [2.75, 3.05) is 0 Å². The number of hydrogen-bond acceptors (Lipinski definition) is 4. The molecule has 0 fully saturated rings. The third-order valence-electron chi connectivity index (χ3n) is 3.36. The minimum absolute atomic E-state index is 0.0389. The fraction of sp³-hybridized carbons (Fsp3) is 0.222. The lowest BCUT2D eigenvalue weighted by atomic mass is 9.95. The maximum absolute atomic E-state index is 13.8. The molecule has 0 aliphatic rings. The average Bonchev–Trinajstić information content (AvgIpc) is 2.52. The SMILES string of the molecule is CC(C)(C)C(N)=NC(=N)/C=C\C(N)=C(\C=N)C(=N)c1ccc(F)cc1F. The number of allylic oxidation sites excluding steroid dienone is 2. The molecule has 1 rings (SSSR count). The van der Waals surface area contributed by atoms with E-state index in [0.29, 0.717) is 6.07 Å². The predicted molar refractivity (Wildman–Crippen MR) is 101 cm³/mol. The molecule has 1 aromatic carbocycles. The van der Waals surface area contributed by atoms with E-state index in [1.54, 1.807) is 0 Å². The van der Waals surface area contributed by atoms with Gasteiger partial charge < -0.3 is 16.9 Å². The molecule has 7 N–H and O–H groups in total. The zero-order valence-electron chi connectivity index (χ0n) is 14.8. The Morgan fingerprint density at radius 2 is 1.73 bits per heavy atom. The molecule has 1 aromatic rings. The predicted octanol–water partition coefficient (Wildman–Crippen LogP) is 3.13. The number of halogens is 2. The minimum atomic E-state index is -0.929. The molecule has 0 unspecified atom stereocenters. The van der Waals surface area contributed by atoms with Crippen molar-refractivity contribution in [2.24, 2.45) is 21.9 Å². The summed E-state index contributed by atoms with van der Waals surface area (Å²) in [5, 5.41) is 23.2. The lowest BCUT2D eigenvalue weighted by Crippen LogP contribution is -2.29. The Labute approximate surface area is 150 Å². The highest BCUT2D eigenvalue weighted by atomic mass is 19.1. The number of hydrogen-bond donors (Lipinski definition) is 5. The third kappa shape index (κ3) is 5.44. The summed E-state index contributed by atoms with van der Waals surface area (Å²) in [6, 6.07) is 2.77. The molecule has 138 valence electrons. The van der Waals surface area contributed by atoms with Gasteiger partial charge in [0.25, 0.3) is 0 Å². The van der Waals surface area contributed by atoms with Crippen LogP contribution < -0.4 is 11.5 Å². The van der Waals surface area contributed by atoms with E-state index in [4.69, 9.17) is 27.7 Å². The van der Waals surface area contributed by atoms with Gasteiger partial charge in [-0.3, -0.25) is 10.8 Å². The number of nitrogens with zero attached hydrogens (tertiary/aromatic N) is 1. The normalized spacial score (nSPS) is 13.5. The van der Waals surface area contributed by atoms with Gasteiger partial charge in [-0.25, -0.2) is 13.8 Å². The van der Waals surface area contributed by atoms with Gasteiger partial charge in [-0.2, -0.15) is 0 Å². The quantitative estimate of drug-likeness (QED) is 0.313. The highest BCUT2D eigenvalue weighted by Gasteiger charge is 2.16. The van der Waals surface area contributed by atoms with Gasteiger partial charge >= 0.3 is 0 Å². The number of nitrogens with one attached hydrogen (secondary N) is 3. The van der Waals surface area contributed by atoms with E-state index in [9.17, 15) is 8.78 Å². The second-order valence-electron chi connectivity index (χ2n) is 6.48. The summed E-state index contributed by atoms with van der Waals surface area (Å²) in [7, 11) is 0. The highest BCUT2D eigenvalue weighted by molar-refractivity contribution is 6.23. The van der Waals surface area contributed by atoms with Gasteiger partial charge in [-0.15, -0.1) is 0 Å². The number of amidine groups is 2. The molecule has 26 heavy (non-hydrogen) atoms. The first kappa shape index (κ1) is 20.9. The summed E-state index contributed by atoms with van der Waals surface area (Å²) in [6.45, 7) is 5.55. The summed E-state index contributed by atoms with van der Waals surface area (Å²) >= 11 is 0. The van der Waals surface area contributed by atoms with Crippen molar-refractivity contribution in [3.63, 3.8) is 0 Å². The fourth-order valence-electron chi connectivity index (χ4n) is 1.73. The van der Waals surface area contributed by atoms with E-state index in [-0.39, 0.29) is 34.2 Å². The molecular formula is C18H22F2N6. The van der Waals surface area contributed by atoms with Crippen LogP contribution in [0.4, 0.5) is 8.78 Å². The molecule has 0 atom stereocenters. The lowest BCUT2D eigenvalue weighted by Gasteiger charge is -2.16. The van der Waals surface area contributed by atoms with Crippen molar-refractivity contribution < 1.29 is 8.78 Å². The zero-order chi connectivity index (χ0) is 20.1. The van der Waals surface area contributed by atoms with E-state index >= 15 is 0 Å². The number of rotatable bonds is 5. The molecule has 0 saturated heterocycles. The van der Waals surface area contributed by atoms with Crippen LogP contribution in [0.15, 0.2) is 46.6 Å². The Morgan fingerprint density at radius 1 is 1.12 bits per heavy atom. The second-order valence-corrected chi connectivity index (χ2v) is 6.48. The monoisotopic (exact) mass is 360 g/mol. The second kappa shape index (κ2) is 8.28. The molecule has 0 aromatic heterocycles. The molecule has 6 nitrogen and oxygen atoms in total. The first-order chi connectivity index (χ1) is 12.0. The van der Waals surface area contributed by atoms with Crippen LogP contribution in [0.3, 0.4) is 0 Å². The molecule has 0 spiro atoms. The van der Waals surface area contributed by atoms with Crippen molar-refractivity contribution in [3.8, 4) is 0 Å². The first-order valence-corrected chi connectivity index (χ1v) is 7.63. The molecule has 0 amide bonds. The van der Waals surface area contributed by atoms with Crippen molar-refractivity contribution >= 4 is 23.6 Å². The largest absolute Gasteiger partial charge is 0.398 e. The summed E-state index contributed by atoms with van der Waals surface area (Å²) < 4.78 is 26.8. The summed E-state index contributed by atoms with van der Waals surface area (Å²) in [5.74, 6) is -1.59. The van der Waals surface area contributed by atoms with Gasteiger partial charge in [-0.1, -0.05) is 20.8 Å². The van der Waals surface area contributed by atoms with Crippen LogP contribution in [0.2, 0.25) is 0 Å². The minimum Gasteiger partial charge on any atom is -0.398 e. The van der Waals surface area contributed by atoms with Gasteiger partial charge in [0.2, 0.25) is 0 Å². The van der Waals surface area contributed by atoms with Gasteiger partial charge in [0, 0.05) is 34.5 Å². The van der Waals surface area contributed by atoms with E-state index in [0.717, 1.165) is 18.3 Å². The highest BCUT2D eigenvalue weighted by Crippen LogP contribution is 2.15. The molecule has 0 radical (unpaired) electrons. The summed E-state index contributed by atoms with van der Waals surface area (Å²) in [5.41, 5.74) is 10.6. The van der Waals surface area contributed by atoms with E-state index in [1.165, 1.54) is 12.2 Å². The maximum atomic E-state index is 13.8. The molecule has 0 aliphatic carbocycles. The van der Waals surface area contributed by atoms with Crippen LogP contribution in [0.25, 0.3) is 0 Å². The molecule has 0 bridgehead atoms. The number of aliphatic imine (C=N–C) groups is 1. The Hall–Kier alpha value is -3.16. The van der Waals surface area contributed by atoms with Crippen LogP contribution in [-0.4, -0.2) is 23.6 Å². The van der Waals surface area contributed by atoms with Gasteiger partial charge in [0.15, 0.2) is 0 Å². The van der Waals surface area contributed by atoms with Crippen molar-refractivity contribution in [1.29, 1.82) is 16.2 Å². The molecule has 0 aliphatic heterocycles. The van der Waals surface area contributed by atoms with Crippen molar-refractivity contribution in [3.05, 3.63) is 58.8 Å². The van der Waals surface area contributed by atoms with Crippen LogP contribution in [0.5, 0.6) is 0 Å². The van der Waals surface area contributed by atoms with Crippen LogP contribution in [-0.2, 0) is 0 Å².